The molecule has 0 saturated carbocycles. The molecule has 2 aromatic heterocycles. The Morgan fingerprint density at radius 1 is 1.21 bits per heavy atom. The van der Waals surface area contributed by atoms with Gasteiger partial charge in [0.25, 0.3) is 5.91 Å². The van der Waals surface area contributed by atoms with Gasteiger partial charge in [0.1, 0.15) is 0 Å². The zero-order chi connectivity index (χ0) is 19.5. The normalized spacial score (nSPS) is 20.9. The second kappa shape index (κ2) is 8.30. The minimum Gasteiger partial charge on any atom is -0.503 e. The zero-order valence-corrected chi connectivity index (χ0v) is 16.2. The van der Waals surface area contributed by atoms with Gasteiger partial charge in [-0.25, -0.2) is 0 Å². The Morgan fingerprint density at radius 3 is 2.71 bits per heavy atom. The van der Waals surface area contributed by atoms with Gasteiger partial charge in [0.15, 0.2) is 11.5 Å². The van der Waals surface area contributed by atoms with Crippen LogP contribution in [0.1, 0.15) is 27.9 Å². The highest BCUT2D eigenvalue weighted by Gasteiger charge is 2.44. The van der Waals surface area contributed by atoms with E-state index in [1.54, 1.807) is 17.0 Å². The highest BCUT2D eigenvalue weighted by atomic mass is 32.1. The molecule has 0 aromatic carbocycles. The van der Waals surface area contributed by atoms with Crippen molar-refractivity contribution in [1.82, 2.24) is 9.80 Å². The van der Waals surface area contributed by atoms with Gasteiger partial charge < -0.3 is 19.2 Å². The predicted octanol–water partition coefficient (Wildman–Crippen LogP) is 2.64. The first kappa shape index (κ1) is 18.9. The number of aliphatic hydroxyl groups excluding tert-OH is 1. The summed E-state index contributed by atoms with van der Waals surface area (Å²) in [6.07, 6.45) is 2.16. The maximum Gasteiger partial charge on any atom is 0.290 e. The molecule has 2 aliphatic rings. The van der Waals surface area contributed by atoms with E-state index in [9.17, 15) is 14.7 Å². The number of Topliss-reactive ketones (excluding diaryl/α,β-unsaturated/α-hetero) is 1. The van der Waals surface area contributed by atoms with Gasteiger partial charge in [-0.05, 0) is 30.0 Å². The number of aliphatic hydroxyl groups is 1. The second-order valence-electron chi connectivity index (χ2n) is 6.79. The van der Waals surface area contributed by atoms with Crippen molar-refractivity contribution in [2.75, 3.05) is 39.4 Å². The molecule has 1 N–H and O–H groups in total. The Balaban J connectivity index is 1.54. The Bertz CT molecular complexity index is 853. The van der Waals surface area contributed by atoms with Crippen LogP contribution in [0.4, 0.5) is 0 Å². The molecule has 1 atom stereocenters. The first-order valence-corrected chi connectivity index (χ1v) is 10.2. The number of ether oxygens (including phenoxy) is 1. The monoisotopic (exact) mass is 402 g/mol. The fourth-order valence-electron chi connectivity index (χ4n) is 3.69. The average molecular weight is 402 g/mol. The maximum atomic E-state index is 12.9. The second-order valence-corrected chi connectivity index (χ2v) is 7.77. The van der Waals surface area contributed by atoms with Crippen LogP contribution in [0.15, 0.2) is 51.7 Å². The van der Waals surface area contributed by atoms with Crippen LogP contribution in [0.3, 0.4) is 0 Å². The van der Waals surface area contributed by atoms with E-state index in [0.717, 1.165) is 44.1 Å². The van der Waals surface area contributed by atoms with Gasteiger partial charge >= 0.3 is 0 Å². The SMILES string of the molecule is O=C(C1=C(O)C(=O)N(CCCN2CCOCC2)[C@@H]1c1cccs1)c1ccco1. The smallest absolute Gasteiger partial charge is 0.290 e. The number of rotatable bonds is 7. The summed E-state index contributed by atoms with van der Waals surface area (Å²) < 4.78 is 10.6. The first-order valence-electron chi connectivity index (χ1n) is 9.32. The van der Waals surface area contributed by atoms with E-state index in [0.29, 0.717) is 6.54 Å². The van der Waals surface area contributed by atoms with Crippen molar-refractivity contribution >= 4 is 23.0 Å². The van der Waals surface area contributed by atoms with Gasteiger partial charge in [0.05, 0.1) is 31.1 Å². The van der Waals surface area contributed by atoms with E-state index in [-0.39, 0.29) is 11.3 Å². The molecule has 1 fully saturated rings. The summed E-state index contributed by atoms with van der Waals surface area (Å²) in [6, 6.07) is 6.32. The quantitative estimate of drug-likeness (QED) is 0.717. The van der Waals surface area contributed by atoms with Gasteiger partial charge in [0.2, 0.25) is 5.78 Å². The molecule has 1 amide bonds. The lowest BCUT2D eigenvalue weighted by Crippen LogP contribution is -2.39. The van der Waals surface area contributed by atoms with Crippen molar-refractivity contribution < 1.29 is 23.8 Å². The Morgan fingerprint density at radius 2 is 2.04 bits per heavy atom. The van der Waals surface area contributed by atoms with Crippen molar-refractivity contribution in [2.45, 2.75) is 12.5 Å². The number of hydrogen-bond acceptors (Lipinski definition) is 7. The van der Waals surface area contributed by atoms with Crippen molar-refractivity contribution in [3.05, 3.63) is 57.9 Å². The molecule has 28 heavy (non-hydrogen) atoms. The molecule has 4 rings (SSSR count). The van der Waals surface area contributed by atoms with Gasteiger partial charge in [-0.15, -0.1) is 11.3 Å². The summed E-state index contributed by atoms with van der Waals surface area (Å²) in [6.45, 7) is 4.52. The molecule has 4 heterocycles. The number of morpholine rings is 1. The van der Waals surface area contributed by atoms with Crippen molar-refractivity contribution in [3.63, 3.8) is 0 Å². The molecule has 7 nitrogen and oxygen atoms in total. The van der Waals surface area contributed by atoms with Gasteiger partial charge in [-0.3, -0.25) is 14.5 Å². The number of carbonyl (C=O) groups is 2. The number of ketones is 1. The van der Waals surface area contributed by atoms with Gasteiger partial charge in [-0.1, -0.05) is 6.07 Å². The molecule has 0 unspecified atom stereocenters. The topological polar surface area (TPSA) is 83.2 Å². The zero-order valence-electron chi connectivity index (χ0n) is 15.4. The Kier molecular flexibility index (Phi) is 5.61. The molecule has 0 aliphatic carbocycles. The van der Waals surface area contributed by atoms with Crippen LogP contribution in [-0.4, -0.2) is 66.0 Å². The van der Waals surface area contributed by atoms with E-state index >= 15 is 0 Å². The molecule has 2 aliphatic heterocycles. The third-order valence-electron chi connectivity index (χ3n) is 5.08. The molecule has 8 heteroatoms. The van der Waals surface area contributed by atoms with E-state index in [4.69, 9.17) is 9.15 Å². The molecule has 148 valence electrons. The van der Waals surface area contributed by atoms with Crippen LogP contribution in [0.5, 0.6) is 0 Å². The van der Waals surface area contributed by atoms with Crippen LogP contribution in [0, 0.1) is 0 Å². The van der Waals surface area contributed by atoms with E-state index in [1.165, 1.54) is 17.6 Å². The summed E-state index contributed by atoms with van der Waals surface area (Å²) in [5.74, 6) is -1.32. The summed E-state index contributed by atoms with van der Waals surface area (Å²) in [5.41, 5.74) is 0.0915. The molecule has 0 radical (unpaired) electrons. The number of thiophene rings is 1. The number of furan rings is 1. The van der Waals surface area contributed by atoms with Crippen molar-refractivity contribution in [1.29, 1.82) is 0 Å². The number of nitrogens with zero attached hydrogens (tertiary/aromatic N) is 2. The summed E-state index contributed by atoms with van der Waals surface area (Å²) >= 11 is 1.46. The molecule has 0 bridgehead atoms. The van der Waals surface area contributed by atoms with Crippen LogP contribution in [0.2, 0.25) is 0 Å². The lowest BCUT2D eigenvalue weighted by atomic mass is 10.0. The van der Waals surface area contributed by atoms with Gasteiger partial charge in [-0.2, -0.15) is 0 Å². The largest absolute Gasteiger partial charge is 0.503 e. The lowest BCUT2D eigenvalue weighted by molar-refractivity contribution is -0.129. The average Bonchev–Trinajstić information content (AvgIpc) is 3.46. The molecule has 0 spiro atoms. The minimum absolute atomic E-state index is 0.0915. The molecular formula is C20H22N2O5S. The lowest BCUT2D eigenvalue weighted by Gasteiger charge is -2.29. The van der Waals surface area contributed by atoms with E-state index in [1.807, 2.05) is 17.5 Å². The molecule has 2 aromatic rings. The van der Waals surface area contributed by atoms with Crippen LogP contribution < -0.4 is 0 Å². The van der Waals surface area contributed by atoms with Gasteiger partial charge in [0, 0.05) is 31.1 Å². The highest BCUT2D eigenvalue weighted by Crippen LogP contribution is 2.40. The fourth-order valence-corrected chi connectivity index (χ4v) is 4.53. The fraction of sp³-hybridized carbons (Fsp3) is 0.400. The van der Waals surface area contributed by atoms with Crippen molar-refractivity contribution in [2.24, 2.45) is 0 Å². The highest BCUT2D eigenvalue weighted by molar-refractivity contribution is 7.10. The minimum atomic E-state index is -0.588. The standard InChI is InChI=1S/C20H22N2O5S/c23-18(14-4-1-10-27-14)16-17(15-5-2-13-28-15)22(20(25)19(16)24)7-3-6-21-8-11-26-12-9-21/h1-2,4-5,10,13,17,24H,3,6-9,11-12H2/t17-/m1/s1. The van der Waals surface area contributed by atoms with Crippen LogP contribution in [0.25, 0.3) is 0 Å². The Labute approximate surface area is 166 Å². The maximum absolute atomic E-state index is 12.9. The first-order chi connectivity index (χ1) is 13.7. The number of hydrogen-bond donors (Lipinski definition) is 1. The third kappa shape index (κ3) is 3.63. The number of amides is 1. The molecular weight excluding hydrogens is 380 g/mol. The third-order valence-corrected chi connectivity index (χ3v) is 6.01. The van der Waals surface area contributed by atoms with E-state index < -0.39 is 23.5 Å². The molecule has 1 saturated heterocycles. The summed E-state index contributed by atoms with van der Waals surface area (Å²) in [7, 11) is 0. The number of carbonyl (C=O) groups excluding carboxylic acids is 2. The summed E-state index contributed by atoms with van der Waals surface area (Å²) in [5, 5.41) is 12.4. The van der Waals surface area contributed by atoms with Crippen LogP contribution in [-0.2, 0) is 9.53 Å². The van der Waals surface area contributed by atoms with E-state index in [2.05, 4.69) is 4.90 Å². The predicted molar refractivity (Wildman–Crippen MR) is 103 cm³/mol. The van der Waals surface area contributed by atoms with Crippen LogP contribution >= 0.6 is 11.3 Å². The Hall–Kier alpha value is -2.42. The summed E-state index contributed by atoms with van der Waals surface area (Å²) in [4.78, 5) is 30.5. The van der Waals surface area contributed by atoms with Crippen molar-refractivity contribution in [3.8, 4) is 0 Å².